The van der Waals surface area contributed by atoms with Gasteiger partial charge < -0.3 is 9.47 Å². The van der Waals surface area contributed by atoms with Crippen LogP contribution in [0.4, 0.5) is 0 Å². The molecule has 0 N–H and O–H groups in total. The number of ether oxygens (including phenoxy) is 2. The molecule has 0 aromatic heterocycles. The fourth-order valence-electron chi connectivity index (χ4n) is 2.69. The Morgan fingerprint density at radius 2 is 1.65 bits per heavy atom. The van der Waals surface area contributed by atoms with Gasteiger partial charge in [-0.3, -0.25) is 0 Å². The summed E-state index contributed by atoms with van der Waals surface area (Å²) in [6.07, 6.45) is 5.49. The first-order chi connectivity index (χ1) is 11.3. The molecule has 0 aliphatic carbocycles. The first kappa shape index (κ1) is 18.1. The highest BCUT2D eigenvalue weighted by atomic mass is 79.9. The predicted octanol–water partition coefficient (Wildman–Crippen LogP) is 6.14. The molecule has 0 aliphatic heterocycles. The van der Waals surface area contributed by atoms with Crippen LogP contribution in [0, 0.1) is 0 Å². The average molecular weight is 379 g/mol. The number of hydrogen-bond donors (Lipinski definition) is 0. The van der Waals surface area contributed by atoms with Gasteiger partial charge >= 0.3 is 0 Å². The predicted molar refractivity (Wildman–Crippen MR) is 102 cm³/mol. The van der Waals surface area contributed by atoms with Crippen molar-refractivity contribution in [3.63, 3.8) is 0 Å². The molecule has 0 bridgehead atoms. The highest BCUT2D eigenvalue weighted by Crippen LogP contribution is 2.37. The lowest BCUT2D eigenvalue weighted by Gasteiger charge is -2.17. The van der Waals surface area contributed by atoms with E-state index in [0.29, 0.717) is 0 Å². The molecular weight excluding hydrogens is 352 g/mol. The van der Waals surface area contributed by atoms with E-state index in [9.17, 15) is 0 Å². The SMILES string of the molecule is CCCCCOc1c(CC)cc(OCCCBr)c2ccccc12. The fourth-order valence-corrected chi connectivity index (χ4v) is 2.91. The van der Waals surface area contributed by atoms with E-state index in [1.807, 2.05) is 0 Å². The second-order valence-corrected chi connectivity index (χ2v) is 6.50. The average Bonchev–Trinajstić information content (AvgIpc) is 2.59. The van der Waals surface area contributed by atoms with Crippen LogP contribution in [0.2, 0.25) is 0 Å². The third-order valence-corrected chi connectivity index (χ3v) is 4.51. The third-order valence-electron chi connectivity index (χ3n) is 3.94. The van der Waals surface area contributed by atoms with Crippen LogP contribution in [0.5, 0.6) is 11.5 Å². The molecule has 0 fully saturated rings. The van der Waals surface area contributed by atoms with Gasteiger partial charge in [0, 0.05) is 16.1 Å². The quantitative estimate of drug-likeness (QED) is 0.365. The second kappa shape index (κ2) is 9.82. The zero-order valence-corrected chi connectivity index (χ0v) is 15.8. The van der Waals surface area contributed by atoms with E-state index in [4.69, 9.17) is 9.47 Å². The largest absolute Gasteiger partial charge is 0.493 e. The minimum absolute atomic E-state index is 0.731. The van der Waals surface area contributed by atoms with Crippen LogP contribution < -0.4 is 9.47 Å². The van der Waals surface area contributed by atoms with Crippen LogP contribution in [0.3, 0.4) is 0 Å². The van der Waals surface area contributed by atoms with Gasteiger partial charge in [-0.2, -0.15) is 0 Å². The fraction of sp³-hybridized carbons (Fsp3) is 0.500. The minimum atomic E-state index is 0.731. The lowest BCUT2D eigenvalue weighted by atomic mass is 10.0. The zero-order chi connectivity index (χ0) is 16.5. The Labute approximate surface area is 148 Å². The molecule has 0 heterocycles. The Hall–Kier alpha value is -1.22. The summed E-state index contributed by atoms with van der Waals surface area (Å²) in [4.78, 5) is 0. The van der Waals surface area contributed by atoms with E-state index in [-0.39, 0.29) is 0 Å². The van der Waals surface area contributed by atoms with Gasteiger partial charge in [-0.1, -0.05) is 66.9 Å². The van der Waals surface area contributed by atoms with Crippen molar-refractivity contribution in [3.05, 3.63) is 35.9 Å². The van der Waals surface area contributed by atoms with Gasteiger partial charge in [0.15, 0.2) is 0 Å². The lowest BCUT2D eigenvalue weighted by molar-refractivity contribution is 0.304. The summed E-state index contributed by atoms with van der Waals surface area (Å²) in [6.45, 7) is 5.90. The van der Waals surface area contributed by atoms with Gasteiger partial charge in [-0.05, 0) is 30.9 Å². The first-order valence-electron chi connectivity index (χ1n) is 8.68. The van der Waals surface area contributed by atoms with Crippen molar-refractivity contribution in [2.24, 2.45) is 0 Å². The number of unbranched alkanes of at least 4 members (excludes halogenated alkanes) is 2. The third kappa shape index (κ3) is 4.87. The minimum Gasteiger partial charge on any atom is -0.493 e. The topological polar surface area (TPSA) is 18.5 Å². The normalized spacial score (nSPS) is 10.9. The highest BCUT2D eigenvalue weighted by Gasteiger charge is 2.13. The lowest BCUT2D eigenvalue weighted by Crippen LogP contribution is -2.03. The Kier molecular flexibility index (Phi) is 7.73. The van der Waals surface area contributed by atoms with E-state index in [1.165, 1.54) is 18.4 Å². The number of alkyl halides is 1. The van der Waals surface area contributed by atoms with Crippen LogP contribution in [0.1, 0.15) is 45.1 Å². The Morgan fingerprint density at radius 3 is 2.35 bits per heavy atom. The molecule has 2 rings (SSSR count). The maximum atomic E-state index is 6.16. The summed E-state index contributed by atoms with van der Waals surface area (Å²) < 4.78 is 12.2. The summed E-state index contributed by atoms with van der Waals surface area (Å²) in [5.41, 5.74) is 1.23. The van der Waals surface area contributed by atoms with Crippen LogP contribution in [-0.2, 0) is 6.42 Å². The molecule has 3 heteroatoms. The molecule has 0 radical (unpaired) electrons. The van der Waals surface area contributed by atoms with Crippen molar-refractivity contribution in [2.45, 2.75) is 46.0 Å². The monoisotopic (exact) mass is 378 g/mol. The number of fused-ring (bicyclic) bond motifs is 1. The van der Waals surface area contributed by atoms with Crippen LogP contribution in [-0.4, -0.2) is 18.5 Å². The van der Waals surface area contributed by atoms with Gasteiger partial charge in [0.2, 0.25) is 0 Å². The molecule has 0 spiro atoms. The highest BCUT2D eigenvalue weighted by molar-refractivity contribution is 9.09. The molecule has 0 saturated carbocycles. The Bertz CT molecular complexity index is 610. The van der Waals surface area contributed by atoms with Gasteiger partial charge in [0.1, 0.15) is 11.5 Å². The molecule has 2 aromatic carbocycles. The summed E-state index contributed by atoms with van der Waals surface area (Å²) in [7, 11) is 0. The Balaban J connectivity index is 2.32. The molecule has 0 atom stereocenters. The van der Waals surface area contributed by atoms with Crippen molar-refractivity contribution in [3.8, 4) is 11.5 Å². The standard InChI is InChI=1S/C20H27BrO2/c1-3-5-8-13-23-20-16(4-2)15-19(22-14-9-12-21)17-10-6-7-11-18(17)20/h6-7,10-11,15H,3-5,8-9,12-14H2,1-2H3. The molecule has 0 aliphatic rings. The van der Waals surface area contributed by atoms with E-state index in [2.05, 4.69) is 60.1 Å². The van der Waals surface area contributed by atoms with Gasteiger partial charge in [0.05, 0.1) is 13.2 Å². The number of rotatable bonds is 10. The van der Waals surface area contributed by atoms with Crippen LogP contribution in [0.15, 0.2) is 30.3 Å². The summed E-state index contributed by atoms with van der Waals surface area (Å²) in [6, 6.07) is 10.6. The molecule has 2 aromatic rings. The molecular formula is C20H27BrO2. The van der Waals surface area contributed by atoms with E-state index >= 15 is 0 Å². The molecule has 23 heavy (non-hydrogen) atoms. The van der Waals surface area contributed by atoms with E-state index < -0.39 is 0 Å². The summed E-state index contributed by atoms with van der Waals surface area (Å²) in [5.74, 6) is 2.01. The number of hydrogen-bond acceptors (Lipinski definition) is 2. The smallest absolute Gasteiger partial charge is 0.130 e. The van der Waals surface area contributed by atoms with E-state index in [1.54, 1.807) is 0 Å². The molecule has 0 amide bonds. The maximum absolute atomic E-state index is 6.16. The summed E-state index contributed by atoms with van der Waals surface area (Å²) in [5, 5.41) is 3.27. The first-order valence-corrected chi connectivity index (χ1v) is 9.80. The van der Waals surface area contributed by atoms with E-state index in [0.717, 1.165) is 60.1 Å². The molecule has 2 nitrogen and oxygen atoms in total. The maximum Gasteiger partial charge on any atom is 0.130 e. The van der Waals surface area contributed by atoms with Crippen molar-refractivity contribution in [1.82, 2.24) is 0 Å². The Morgan fingerprint density at radius 1 is 0.913 bits per heavy atom. The molecule has 126 valence electrons. The van der Waals surface area contributed by atoms with Crippen LogP contribution in [0.25, 0.3) is 10.8 Å². The van der Waals surface area contributed by atoms with Gasteiger partial charge in [-0.25, -0.2) is 0 Å². The number of aryl methyl sites for hydroxylation is 1. The molecule has 0 saturated heterocycles. The van der Waals surface area contributed by atoms with Crippen molar-refractivity contribution in [1.29, 1.82) is 0 Å². The van der Waals surface area contributed by atoms with Gasteiger partial charge in [-0.15, -0.1) is 0 Å². The van der Waals surface area contributed by atoms with Crippen LogP contribution >= 0.6 is 15.9 Å². The van der Waals surface area contributed by atoms with Crippen molar-refractivity contribution in [2.75, 3.05) is 18.5 Å². The number of halogens is 1. The number of benzene rings is 2. The molecule has 0 unspecified atom stereocenters. The van der Waals surface area contributed by atoms with Gasteiger partial charge in [0.25, 0.3) is 0 Å². The van der Waals surface area contributed by atoms with Crippen molar-refractivity contribution < 1.29 is 9.47 Å². The summed E-state index contributed by atoms with van der Waals surface area (Å²) >= 11 is 3.45. The second-order valence-electron chi connectivity index (χ2n) is 5.71. The van der Waals surface area contributed by atoms with Crippen molar-refractivity contribution >= 4 is 26.7 Å². The zero-order valence-electron chi connectivity index (χ0n) is 14.2.